The Kier molecular flexibility index (Phi) is 8.50. The van der Waals surface area contributed by atoms with Gasteiger partial charge in [0.25, 0.3) is 0 Å². The summed E-state index contributed by atoms with van der Waals surface area (Å²) in [6.07, 6.45) is -0.368. The number of carboxylic acid groups (broad SMARTS) is 1. The summed E-state index contributed by atoms with van der Waals surface area (Å²) in [4.78, 5) is 39.0. The quantitative estimate of drug-likeness (QED) is 0.450. The summed E-state index contributed by atoms with van der Waals surface area (Å²) in [5.74, 6) is -1.93. The van der Waals surface area contributed by atoms with Crippen LogP contribution in [0.1, 0.15) is 40.0 Å². The van der Waals surface area contributed by atoms with E-state index in [1.807, 2.05) is 38.1 Å². The number of thioether (sulfide) groups is 1. The Bertz CT molecular complexity index is 816. The molecule has 2 rings (SSSR count). The number of amides is 2. The lowest BCUT2D eigenvalue weighted by Crippen LogP contribution is -2.47. The number of nitrogens with zero attached hydrogens (tertiary/aromatic N) is 1. The van der Waals surface area contributed by atoms with Gasteiger partial charge in [-0.05, 0) is 30.4 Å². The molecule has 1 aromatic carbocycles. The number of aliphatic hydroxyl groups excluding tert-OH is 1. The highest BCUT2D eigenvalue weighted by Gasteiger charge is 2.36. The first kappa shape index (κ1) is 25.2. The molecule has 1 aliphatic heterocycles. The van der Waals surface area contributed by atoms with Gasteiger partial charge < -0.3 is 26.2 Å². The van der Waals surface area contributed by atoms with Crippen LogP contribution in [0.3, 0.4) is 0 Å². The fourth-order valence-corrected chi connectivity index (χ4v) is 4.97. The molecule has 2 amide bonds. The van der Waals surface area contributed by atoms with Crippen LogP contribution in [0.4, 0.5) is 5.69 Å². The Morgan fingerprint density at radius 2 is 1.97 bits per heavy atom. The Morgan fingerprint density at radius 1 is 1.32 bits per heavy atom. The smallest absolute Gasteiger partial charge is 0.306 e. The van der Waals surface area contributed by atoms with Crippen molar-refractivity contribution in [2.45, 2.75) is 62.3 Å². The van der Waals surface area contributed by atoms with Gasteiger partial charge in [-0.25, -0.2) is 0 Å². The molecule has 0 aromatic heterocycles. The van der Waals surface area contributed by atoms with Gasteiger partial charge >= 0.3 is 5.97 Å². The zero-order valence-electron chi connectivity index (χ0n) is 18.5. The molecule has 0 unspecified atom stereocenters. The van der Waals surface area contributed by atoms with Crippen molar-refractivity contribution < 1.29 is 24.6 Å². The van der Waals surface area contributed by atoms with E-state index in [2.05, 4.69) is 5.32 Å². The molecular weight excluding hydrogens is 418 g/mol. The maximum absolute atomic E-state index is 13.3. The van der Waals surface area contributed by atoms with Crippen molar-refractivity contribution in [1.29, 1.82) is 0 Å². The van der Waals surface area contributed by atoms with Crippen LogP contribution >= 0.6 is 11.8 Å². The molecule has 1 heterocycles. The number of aliphatic hydroxyl groups is 1. The molecule has 1 aromatic rings. The van der Waals surface area contributed by atoms with Crippen LogP contribution in [0.5, 0.6) is 0 Å². The number of fused-ring (bicyclic) bond motifs is 1. The third kappa shape index (κ3) is 6.69. The Morgan fingerprint density at radius 3 is 2.58 bits per heavy atom. The molecule has 4 atom stereocenters. The molecular formula is C22H33N3O5S. The van der Waals surface area contributed by atoms with Gasteiger partial charge in [-0.3, -0.25) is 14.4 Å². The summed E-state index contributed by atoms with van der Waals surface area (Å²) < 4.78 is 0. The summed E-state index contributed by atoms with van der Waals surface area (Å²) in [6, 6.07) is 6.86. The van der Waals surface area contributed by atoms with Crippen LogP contribution in [-0.2, 0) is 14.4 Å². The van der Waals surface area contributed by atoms with Gasteiger partial charge in [-0.1, -0.05) is 32.9 Å². The van der Waals surface area contributed by atoms with E-state index in [-0.39, 0.29) is 31.2 Å². The van der Waals surface area contributed by atoms with Gasteiger partial charge in [-0.15, -0.1) is 11.8 Å². The topological polar surface area (TPSA) is 133 Å². The first-order valence-electron chi connectivity index (χ1n) is 10.4. The highest BCUT2D eigenvalue weighted by atomic mass is 32.2. The van der Waals surface area contributed by atoms with Gasteiger partial charge in [-0.2, -0.15) is 0 Å². The average Bonchev–Trinajstić information content (AvgIpc) is 2.71. The van der Waals surface area contributed by atoms with Crippen molar-refractivity contribution in [3.8, 4) is 0 Å². The van der Waals surface area contributed by atoms with E-state index in [1.54, 1.807) is 11.9 Å². The summed E-state index contributed by atoms with van der Waals surface area (Å²) in [5, 5.41) is 21.6. The summed E-state index contributed by atoms with van der Waals surface area (Å²) in [5.41, 5.74) is 6.40. The minimum Gasteiger partial charge on any atom is -0.481 e. The molecule has 0 bridgehead atoms. The predicted molar refractivity (Wildman–Crippen MR) is 121 cm³/mol. The molecule has 8 nitrogen and oxygen atoms in total. The highest BCUT2D eigenvalue weighted by Crippen LogP contribution is 2.40. The van der Waals surface area contributed by atoms with Crippen molar-refractivity contribution in [3.05, 3.63) is 24.3 Å². The zero-order chi connectivity index (χ0) is 23.3. The first-order chi connectivity index (χ1) is 14.4. The van der Waals surface area contributed by atoms with Gasteiger partial charge in [0.15, 0.2) is 0 Å². The SMILES string of the molecule is CNC(=O)[C@H]1CN(C(=O)CC(C)(C)C[C@H](N)[C@@H](O)C[C@@H](C)C(=O)O)c2ccccc2S1. The third-order valence-corrected chi connectivity index (χ3v) is 6.79. The van der Waals surface area contributed by atoms with Gasteiger partial charge in [0.1, 0.15) is 5.25 Å². The van der Waals surface area contributed by atoms with Gasteiger partial charge in [0, 0.05) is 31.0 Å². The molecule has 31 heavy (non-hydrogen) atoms. The normalized spacial score (nSPS) is 19.2. The van der Waals surface area contributed by atoms with E-state index in [0.29, 0.717) is 6.42 Å². The number of carboxylic acids is 1. The molecule has 0 saturated heterocycles. The van der Waals surface area contributed by atoms with E-state index >= 15 is 0 Å². The van der Waals surface area contributed by atoms with E-state index in [1.165, 1.54) is 18.7 Å². The summed E-state index contributed by atoms with van der Waals surface area (Å²) in [7, 11) is 1.58. The van der Waals surface area contributed by atoms with E-state index in [0.717, 1.165) is 10.6 Å². The largest absolute Gasteiger partial charge is 0.481 e. The number of aliphatic carboxylic acids is 1. The molecule has 0 radical (unpaired) electrons. The minimum atomic E-state index is -0.979. The second-order valence-electron chi connectivity index (χ2n) is 8.94. The Labute approximate surface area is 187 Å². The van der Waals surface area contributed by atoms with Crippen molar-refractivity contribution in [2.75, 3.05) is 18.5 Å². The maximum atomic E-state index is 13.3. The molecule has 0 fully saturated rings. The van der Waals surface area contributed by atoms with Crippen molar-refractivity contribution >= 4 is 35.2 Å². The number of para-hydroxylation sites is 1. The van der Waals surface area contributed by atoms with Crippen LogP contribution < -0.4 is 16.0 Å². The molecule has 0 spiro atoms. The van der Waals surface area contributed by atoms with Crippen molar-refractivity contribution in [3.63, 3.8) is 0 Å². The second kappa shape index (κ2) is 10.5. The lowest BCUT2D eigenvalue weighted by atomic mass is 9.80. The Balaban J connectivity index is 2.09. The van der Waals surface area contributed by atoms with E-state index in [4.69, 9.17) is 10.8 Å². The van der Waals surface area contributed by atoms with E-state index in [9.17, 15) is 19.5 Å². The highest BCUT2D eigenvalue weighted by molar-refractivity contribution is 8.00. The van der Waals surface area contributed by atoms with Crippen molar-refractivity contribution in [1.82, 2.24) is 5.32 Å². The Hall–Kier alpha value is -2.10. The van der Waals surface area contributed by atoms with Crippen LogP contribution in [0, 0.1) is 11.3 Å². The number of benzene rings is 1. The molecule has 9 heteroatoms. The number of hydrogen-bond acceptors (Lipinski definition) is 6. The second-order valence-corrected chi connectivity index (χ2v) is 10.2. The molecule has 1 aliphatic rings. The number of nitrogens with two attached hydrogens (primary N) is 1. The van der Waals surface area contributed by atoms with Crippen LogP contribution in [0.15, 0.2) is 29.2 Å². The fourth-order valence-electron chi connectivity index (χ4n) is 3.76. The standard InChI is InChI=1S/C22H33N3O5S/c1-13(21(29)30)9-16(26)14(23)10-22(2,3)11-19(27)25-12-18(20(28)24-4)31-17-8-6-5-7-15(17)25/h5-8,13-14,16,18,26H,9-12,23H2,1-4H3,(H,24,28)(H,29,30)/t13-,14+,16+,18-/m1/s1. The minimum absolute atomic E-state index is 0.0606. The number of carbonyl (C=O) groups is 3. The molecule has 5 N–H and O–H groups in total. The number of hydrogen-bond donors (Lipinski definition) is 4. The third-order valence-electron chi connectivity index (χ3n) is 5.54. The summed E-state index contributed by atoms with van der Waals surface area (Å²) >= 11 is 1.44. The number of nitrogens with one attached hydrogen (secondary N) is 1. The first-order valence-corrected chi connectivity index (χ1v) is 11.3. The average molecular weight is 452 g/mol. The van der Waals surface area contributed by atoms with Gasteiger partial charge in [0.05, 0.1) is 17.7 Å². The monoisotopic (exact) mass is 451 g/mol. The molecule has 0 aliphatic carbocycles. The van der Waals surface area contributed by atoms with Crippen LogP contribution in [0.25, 0.3) is 0 Å². The lowest BCUT2D eigenvalue weighted by molar-refractivity contribution is -0.142. The lowest BCUT2D eigenvalue weighted by Gasteiger charge is -2.36. The zero-order valence-corrected chi connectivity index (χ0v) is 19.3. The van der Waals surface area contributed by atoms with Crippen molar-refractivity contribution in [2.24, 2.45) is 17.1 Å². The van der Waals surface area contributed by atoms with Crippen LogP contribution in [0.2, 0.25) is 0 Å². The number of rotatable bonds is 9. The predicted octanol–water partition coefficient (Wildman–Crippen LogP) is 1.85. The fraction of sp³-hybridized carbons (Fsp3) is 0.591. The number of carbonyl (C=O) groups excluding carboxylic acids is 2. The molecule has 172 valence electrons. The van der Waals surface area contributed by atoms with E-state index < -0.39 is 34.7 Å². The van der Waals surface area contributed by atoms with Crippen LogP contribution in [-0.4, -0.2) is 59.0 Å². The number of anilines is 1. The van der Waals surface area contributed by atoms with Gasteiger partial charge in [0.2, 0.25) is 11.8 Å². The summed E-state index contributed by atoms with van der Waals surface area (Å²) in [6.45, 7) is 5.61. The maximum Gasteiger partial charge on any atom is 0.306 e. The molecule has 0 saturated carbocycles.